The molecule has 0 unspecified atom stereocenters. The Kier molecular flexibility index (Phi) is 5.11. The molecule has 0 aliphatic heterocycles. The van der Waals surface area contributed by atoms with Crippen molar-refractivity contribution in [2.45, 2.75) is 24.7 Å². The van der Waals surface area contributed by atoms with Gasteiger partial charge in [0.1, 0.15) is 4.90 Å². The van der Waals surface area contributed by atoms with E-state index < -0.39 is 10.0 Å². The molecule has 0 fully saturated rings. The Bertz CT molecular complexity index is 741. The molecule has 2 rings (SSSR count). The number of sulfonamides is 1. The van der Waals surface area contributed by atoms with Crippen LogP contribution in [0, 0.1) is 0 Å². The molecule has 0 aromatic heterocycles. The minimum absolute atomic E-state index is 0.207. The topological polar surface area (TPSA) is 46.2 Å². The molecule has 0 atom stereocenters. The van der Waals surface area contributed by atoms with E-state index in [-0.39, 0.29) is 4.90 Å². The Balaban J connectivity index is 2.28. The SMILES string of the molecule is CC(C)c1ccc(NS(=O)(=O)c2ccc(Br)cc2Br)cc1. The average molecular weight is 433 g/mol. The lowest BCUT2D eigenvalue weighted by molar-refractivity contribution is 0.600. The summed E-state index contributed by atoms with van der Waals surface area (Å²) in [6, 6.07) is 12.4. The maximum absolute atomic E-state index is 12.4. The Morgan fingerprint density at radius 1 is 1.00 bits per heavy atom. The van der Waals surface area contributed by atoms with E-state index in [4.69, 9.17) is 0 Å². The molecule has 0 saturated heterocycles. The predicted octanol–water partition coefficient (Wildman–Crippen LogP) is 5.14. The van der Waals surface area contributed by atoms with Gasteiger partial charge < -0.3 is 0 Å². The fraction of sp³-hybridized carbons (Fsp3) is 0.200. The van der Waals surface area contributed by atoms with Crippen LogP contribution in [-0.2, 0) is 10.0 Å². The summed E-state index contributed by atoms with van der Waals surface area (Å²) in [5.74, 6) is 0.413. The molecule has 2 aromatic rings. The van der Waals surface area contributed by atoms with Crippen LogP contribution in [0.4, 0.5) is 5.69 Å². The van der Waals surface area contributed by atoms with E-state index in [1.807, 2.05) is 12.1 Å². The van der Waals surface area contributed by atoms with Crippen LogP contribution in [-0.4, -0.2) is 8.42 Å². The van der Waals surface area contributed by atoms with E-state index in [0.29, 0.717) is 16.1 Å². The summed E-state index contributed by atoms with van der Waals surface area (Å²) in [4.78, 5) is 0.207. The summed E-state index contributed by atoms with van der Waals surface area (Å²) < 4.78 is 28.7. The van der Waals surface area contributed by atoms with E-state index >= 15 is 0 Å². The number of rotatable bonds is 4. The Morgan fingerprint density at radius 3 is 2.14 bits per heavy atom. The van der Waals surface area contributed by atoms with E-state index in [1.54, 1.807) is 30.3 Å². The highest BCUT2D eigenvalue weighted by Gasteiger charge is 2.17. The quantitative estimate of drug-likeness (QED) is 0.727. The zero-order chi connectivity index (χ0) is 15.6. The van der Waals surface area contributed by atoms with Gasteiger partial charge in [0, 0.05) is 14.6 Å². The molecule has 0 radical (unpaired) electrons. The molecule has 0 aliphatic rings. The van der Waals surface area contributed by atoms with Gasteiger partial charge in [0.25, 0.3) is 10.0 Å². The molecule has 21 heavy (non-hydrogen) atoms. The lowest BCUT2D eigenvalue weighted by atomic mass is 10.0. The van der Waals surface area contributed by atoms with Crippen molar-refractivity contribution in [1.82, 2.24) is 0 Å². The molecule has 2 aromatic carbocycles. The monoisotopic (exact) mass is 431 g/mol. The fourth-order valence-corrected chi connectivity index (χ4v) is 4.64. The second kappa shape index (κ2) is 6.50. The van der Waals surface area contributed by atoms with Gasteiger partial charge >= 0.3 is 0 Å². The molecule has 6 heteroatoms. The second-order valence-corrected chi connectivity index (χ2v) is 8.38. The Labute approximate surface area is 142 Å². The first kappa shape index (κ1) is 16.5. The summed E-state index contributed by atoms with van der Waals surface area (Å²) in [5, 5.41) is 0. The van der Waals surface area contributed by atoms with Crippen LogP contribution < -0.4 is 4.72 Å². The molecular formula is C15H15Br2NO2S. The van der Waals surface area contributed by atoms with Crippen molar-refractivity contribution in [1.29, 1.82) is 0 Å². The van der Waals surface area contributed by atoms with Gasteiger partial charge in [-0.1, -0.05) is 41.9 Å². The Morgan fingerprint density at radius 2 is 1.62 bits per heavy atom. The smallest absolute Gasteiger partial charge is 0.263 e. The van der Waals surface area contributed by atoms with Gasteiger partial charge in [-0.15, -0.1) is 0 Å². The van der Waals surface area contributed by atoms with Crippen molar-refractivity contribution >= 4 is 47.6 Å². The highest BCUT2D eigenvalue weighted by Crippen LogP contribution is 2.27. The van der Waals surface area contributed by atoms with Crippen molar-refractivity contribution in [3.63, 3.8) is 0 Å². The summed E-state index contributed by atoms with van der Waals surface area (Å²) in [6.07, 6.45) is 0. The normalized spacial score (nSPS) is 11.7. The number of halogens is 2. The van der Waals surface area contributed by atoms with Gasteiger partial charge in [-0.25, -0.2) is 8.42 Å². The van der Waals surface area contributed by atoms with Crippen LogP contribution >= 0.6 is 31.9 Å². The van der Waals surface area contributed by atoms with Gasteiger partial charge in [0.05, 0.1) is 0 Å². The van der Waals surface area contributed by atoms with E-state index in [2.05, 4.69) is 50.4 Å². The van der Waals surface area contributed by atoms with Gasteiger partial charge in [0.15, 0.2) is 0 Å². The number of benzene rings is 2. The number of nitrogens with one attached hydrogen (secondary N) is 1. The lowest BCUT2D eigenvalue weighted by Crippen LogP contribution is -2.13. The fourth-order valence-electron chi connectivity index (χ4n) is 1.84. The molecule has 0 saturated carbocycles. The summed E-state index contributed by atoms with van der Waals surface area (Å²) in [7, 11) is -3.61. The third kappa shape index (κ3) is 4.08. The van der Waals surface area contributed by atoms with Gasteiger partial charge in [0.2, 0.25) is 0 Å². The van der Waals surface area contributed by atoms with Crippen LogP contribution in [0.15, 0.2) is 56.3 Å². The summed E-state index contributed by atoms with van der Waals surface area (Å²) >= 11 is 6.58. The lowest BCUT2D eigenvalue weighted by Gasteiger charge is -2.11. The van der Waals surface area contributed by atoms with Gasteiger partial charge in [-0.05, 0) is 57.7 Å². The maximum atomic E-state index is 12.4. The van der Waals surface area contributed by atoms with E-state index in [1.165, 1.54) is 5.56 Å². The van der Waals surface area contributed by atoms with Crippen molar-refractivity contribution in [3.8, 4) is 0 Å². The molecule has 112 valence electrons. The maximum Gasteiger partial charge on any atom is 0.263 e. The van der Waals surface area contributed by atoms with Gasteiger partial charge in [-0.3, -0.25) is 4.72 Å². The molecule has 3 nitrogen and oxygen atoms in total. The van der Waals surface area contributed by atoms with Crippen molar-refractivity contribution in [2.75, 3.05) is 4.72 Å². The third-order valence-corrected chi connectivity index (χ3v) is 5.86. The third-order valence-electron chi connectivity index (χ3n) is 3.01. The average Bonchev–Trinajstić information content (AvgIpc) is 2.38. The first-order chi connectivity index (χ1) is 9.79. The molecule has 0 bridgehead atoms. The van der Waals surface area contributed by atoms with Crippen molar-refractivity contribution in [3.05, 3.63) is 57.0 Å². The standard InChI is InChI=1S/C15H15Br2NO2S/c1-10(2)11-3-6-13(7-4-11)18-21(19,20)15-8-5-12(16)9-14(15)17/h3-10,18H,1-2H3. The second-order valence-electron chi connectivity index (χ2n) is 4.96. The zero-order valence-corrected chi connectivity index (χ0v) is 15.6. The highest BCUT2D eigenvalue weighted by atomic mass is 79.9. The van der Waals surface area contributed by atoms with E-state index in [0.717, 1.165) is 4.47 Å². The summed E-state index contributed by atoms with van der Waals surface area (Å²) in [5.41, 5.74) is 1.72. The number of anilines is 1. The number of hydrogen-bond donors (Lipinski definition) is 1. The van der Waals surface area contributed by atoms with Gasteiger partial charge in [-0.2, -0.15) is 0 Å². The molecule has 0 amide bonds. The van der Waals surface area contributed by atoms with Crippen molar-refractivity contribution in [2.24, 2.45) is 0 Å². The molecular weight excluding hydrogens is 418 g/mol. The molecule has 0 heterocycles. The highest BCUT2D eigenvalue weighted by molar-refractivity contribution is 9.11. The predicted molar refractivity (Wildman–Crippen MR) is 93.2 cm³/mol. The first-order valence-corrected chi connectivity index (χ1v) is 9.44. The van der Waals surface area contributed by atoms with E-state index in [9.17, 15) is 8.42 Å². The van der Waals surface area contributed by atoms with Crippen LogP contribution in [0.2, 0.25) is 0 Å². The van der Waals surface area contributed by atoms with Crippen LogP contribution in [0.1, 0.15) is 25.3 Å². The van der Waals surface area contributed by atoms with Crippen LogP contribution in [0.5, 0.6) is 0 Å². The first-order valence-electron chi connectivity index (χ1n) is 6.37. The van der Waals surface area contributed by atoms with Crippen LogP contribution in [0.3, 0.4) is 0 Å². The minimum Gasteiger partial charge on any atom is -0.280 e. The molecule has 1 N–H and O–H groups in total. The van der Waals surface area contributed by atoms with Crippen molar-refractivity contribution < 1.29 is 8.42 Å². The largest absolute Gasteiger partial charge is 0.280 e. The minimum atomic E-state index is -3.61. The summed E-state index contributed by atoms with van der Waals surface area (Å²) in [6.45, 7) is 4.19. The molecule has 0 aliphatic carbocycles. The Hall–Kier alpha value is -0.850. The van der Waals surface area contributed by atoms with Crippen LogP contribution in [0.25, 0.3) is 0 Å². The zero-order valence-electron chi connectivity index (χ0n) is 11.6. The number of hydrogen-bond acceptors (Lipinski definition) is 2. The molecule has 0 spiro atoms.